The van der Waals surface area contributed by atoms with E-state index < -0.39 is 0 Å². The van der Waals surface area contributed by atoms with Crippen molar-refractivity contribution < 1.29 is 4.74 Å². The van der Waals surface area contributed by atoms with Gasteiger partial charge in [-0.05, 0) is 80.1 Å². The summed E-state index contributed by atoms with van der Waals surface area (Å²) in [6, 6.07) is 0. The highest BCUT2D eigenvalue weighted by atomic mass is 16.5. The van der Waals surface area contributed by atoms with Crippen LogP contribution in [0.5, 0.6) is 0 Å². The van der Waals surface area contributed by atoms with Gasteiger partial charge in [0, 0.05) is 0 Å². The molecule has 0 N–H and O–H groups in total. The second kappa shape index (κ2) is 9.58. The van der Waals surface area contributed by atoms with Gasteiger partial charge in [-0.25, -0.2) is 0 Å². The van der Waals surface area contributed by atoms with Crippen LogP contribution in [0.25, 0.3) is 0 Å². The summed E-state index contributed by atoms with van der Waals surface area (Å²) in [5, 5.41) is 0. The molecule has 1 heterocycles. The molecule has 2 atom stereocenters. The van der Waals surface area contributed by atoms with Crippen LogP contribution in [0, 0.1) is 29.6 Å². The highest BCUT2D eigenvalue weighted by Gasteiger charge is 2.32. The van der Waals surface area contributed by atoms with E-state index in [1.165, 1.54) is 77.0 Å². The maximum absolute atomic E-state index is 6.41. The summed E-state index contributed by atoms with van der Waals surface area (Å²) in [6.45, 7) is 8.08. The van der Waals surface area contributed by atoms with Crippen LogP contribution in [0.2, 0.25) is 0 Å². The fraction of sp³-hybridized carbons (Fsp3) is 0.917. The lowest BCUT2D eigenvalue weighted by Gasteiger charge is -2.38. The van der Waals surface area contributed by atoms with Crippen LogP contribution in [0.1, 0.15) is 97.8 Å². The van der Waals surface area contributed by atoms with E-state index >= 15 is 0 Å². The Labute approximate surface area is 157 Å². The van der Waals surface area contributed by atoms with E-state index in [0.717, 1.165) is 36.2 Å². The molecule has 0 bridgehead atoms. The minimum absolute atomic E-state index is 0.530. The topological polar surface area (TPSA) is 9.23 Å². The van der Waals surface area contributed by atoms with E-state index in [9.17, 15) is 0 Å². The van der Waals surface area contributed by atoms with E-state index in [4.69, 9.17) is 4.74 Å². The monoisotopic (exact) mass is 346 g/mol. The first-order chi connectivity index (χ1) is 12.2. The van der Waals surface area contributed by atoms with Crippen molar-refractivity contribution in [1.29, 1.82) is 0 Å². The van der Waals surface area contributed by atoms with Gasteiger partial charge in [-0.3, -0.25) is 0 Å². The van der Waals surface area contributed by atoms with Gasteiger partial charge in [0.05, 0.1) is 12.7 Å². The van der Waals surface area contributed by atoms with Crippen molar-refractivity contribution in [3.05, 3.63) is 11.6 Å². The first-order valence-corrected chi connectivity index (χ1v) is 11.5. The van der Waals surface area contributed by atoms with E-state index in [2.05, 4.69) is 26.8 Å². The van der Waals surface area contributed by atoms with Gasteiger partial charge >= 0.3 is 0 Å². The standard InChI is InChI=1S/C24H42O/c1-4-6-19-7-9-22(10-8-19)24-16-15-23(17-25-24)21-13-11-20(12-14-21)18(3)5-2/h15,18-22,24H,4-14,16-17H2,1-3H3/t18-,19?,20?,21?,22?,24?/m0/s1. The molecule has 0 radical (unpaired) electrons. The van der Waals surface area contributed by atoms with E-state index in [1.807, 2.05) is 0 Å². The number of hydrogen-bond acceptors (Lipinski definition) is 1. The zero-order valence-electron chi connectivity index (χ0n) is 17.1. The summed E-state index contributed by atoms with van der Waals surface area (Å²) in [4.78, 5) is 0. The molecule has 2 fully saturated rings. The van der Waals surface area contributed by atoms with Crippen LogP contribution in [0.4, 0.5) is 0 Å². The van der Waals surface area contributed by atoms with Gasteiger partial charge in [-0.15, -0.1) is 0 Å². The Morgan fingerprint density at radius 1 is 1.00 bits per heavy atom. The van der Waals surface area contributed by atoms with Gasteiger partial charge in [0.25, 0.3) is 0 Å². The first kappa shape index (κ1) is 19.5. The van der Waals surface area contributed by atoms with Crippen LogP contribution in [-0.4, -0.2) is 12.7 Å². The normalized spacial score (nSPS) is 38.2. The summed E-state index contributed by atoms with van der Waals surface area (Å²) in [5.74, 6) is 4.59. The van der Waals surface area contributed by atoms with Crippen LogP contribution in [0.3, 0.4) is 0 Å². The lowest BCUT2D eigenvalue weighted by atomic mass is 9.72. The Bertz CT molecular complexity index is 410. The lowest BCUT2D eigenvalue weighted by molar-refractivity contribution is -0.00385. The van der Waals surface area contributed by atoms with Gasteiger partial charge in [0.1, 0.15) is 0 Å². The third-order valence-corrected chi connectivity index (χ3v) is 7.94. The average molecular weight is 347 g/mol. The van der Waals surface area contributed by atoms with Gasteiger partial charge in [0.2, 0.25) is 0 Å². The van der Waals surface area contributed by atoms with Crippen molar-refractivity contribution in [2.75, 3.05) is 6.61 Å². The summed E-state index contributed by atoms with van der Waals surface area (Å²) >= 11 is 0. The SMILES string of the molecule is CCCC1CCC(C2CC=C(C3CCC([C@@H](C)CC)CC3)CO2)CC1. The molecular weight excluding hydrogens is 304 g/mol. The second-order valence-electron chi connectivity index (χ2n) is 9.43. The van der Waals surface area contributed by atoms with Crippen molar-refractivity contribution in [3.8, 4) is 0 Å². The Morgan fingerprint density at radius 3 is 2.28 bits per heavy atom. The van der Waals surface area contributed by atoms with Gasteiger partial charge in [-0.1, -0.05) is 59.0 Å². The number of rotatable bonds is 6. The van der Waals surface area contributed by atoms with Crippen molar-refractivity contribution in [2.45, 2.75) is 104 Å². The van der Waals surface area contributed by atoms with Crippen molar-refractivity contribution in [3.63, 3.8) is 0 Å². The molecule has 1 nitrogen and oxygen atoms in total. The third-order valence-electron chi connectivity index (χ3n) is 7.94. The molecule has 1 heteroatoms. The quantitative estimate of drug-likeness (QED) is 0.463. The van der Waals surface area contributed by atoms with Crippen LogP contribution >= 0.6 is 0 Å². The Morgan fingerprint density at radius 2 is 1.72 bits per heavy atom. The second-order valence-corrected chi connectivity index (χ2v) is 9.43. The van der Waals surface area contributed by atoms with Gasteiger partial charge < -0.3 is 4.74 Å². The minimum atomic E-state index is 0.530. The van der Waals surface area contributed by atoms with Gasteiger partial charge in [-0.2, -0.15) is 0 Å². The summed E-state index contributed by atoms with van der Waals surface area (Å²) < 4.78 is 6.41. The molecule has 0 amide bonds. The highest BCUT2D eigenvalue weighted by Crippen LogP contribution is 2.41. The molecule has 25 heavy (non-hydrogen) atoms. The largest absolute Gasteiger partial charge is 0.373 e. The fourth-order valence-electron chi connectivity index (χ4n) is 5.86. The zero-order chi connectivity index (χ0) is 17.6. The molecular formula is C24H42O. The molecule has 1 unspecified atom stereocenters. The van der Waals surface area contributed by atoms with Crippen LogP contribution in [0.15, 0.2) is 11.6 Å². The third kappa shape index (κ3) is 5.12. The average Bonchev–Trinajstić information content (AvgIpc) is 2.68. The molecule has 0 aromatic heterocycles. The van der Waals surface area contributed by atoms with Gasteiger partial charge in [0.15, 0.2) is 0 Å². The molecule has 0 spiro atoms. The van der Waals surface area contributed by atoms with Crippen molar-refractivity contribution in [2.24, 2.45) is 29.6 Å². The predicted molar refractivity (Wildman–Crippen MR) is 108 cm³/mol. The molecule has 2 saturated carbocycles. The zero-order valence-corrected chi connectivity index (χ0v) is 17.1. The Kier molecular flexibility index (Phi) is 7.46. The van der Waals surface area contributed by atoms with Crippen LogP contribution < -0.4 is 0 Å². The molecule has 0 aromatic carbocycles. The minimum Gasteiger partial charge on any atom is -0.373 e. The molecule has 0 aromatic rings. The summed E-state index contributed by atoms with van der Waals surface area (Å²) in [7, 11) is 0. The van der Waals surface area contributed by atoms with Crippen molar-refractivity contribution >= 4 is 0 Å². The van der Waals surface area contributed by atoms with E-state index in [1.54, 1.807) is 5.57 Å². The molecule has 1 aliphatic heterocycles. The maximum Gasteiger partial charge on any atom is 0.0683 e. The molecule has 3 rings (SSSR count). The van der Waals surface area contributed by atoms with E-state index in [-0.39, 0.29) is 0 Å². The maximum atomic E-state index is 6.41. The smallest absolute Gasteiger partial charge is 0.0683 e. The molecule has 2 aliphatic carbocycles. The Hall–Kier alpha value is -0.300. The molecule has 144 valence electrons. The highest BCUT2D eigenvalue weighted by molar-refractivity contribution is 5.12. The van der Waals surface area contributed by atoms with E-state index in [0.29, 0.717) is 6.10 Å². The molecule has 0 saturated heterocycles. The number of hydrogen-bond donors (Lipinski definition) is 0. The Balaban J connectivity index is 1.43. The van der Waals surface area contributed by atoms with Crippen molar-refractivity contribution in [1.82, 2.24) is 0 Å². The fourth-order valence-corrected chi connectivity index (χ4v) is 5.86. The predicted octanol–water partition coefficient (Wildman–Crippen LogP) is 7.16. The summed E-state index contributed by atoms with van der Waals surface area (Å²) in [6.07, 6.45) is 19.9. The molecule has 3 aliphatic rings. The number of ether oxygens (including phenoxy) is 1. The van der Waals surface area contributed by atoms with Crippen LogP contribution in [-0.2, 0) is 4.74 Å². The lowest BCUT2D eigenvalue weighted by Crippen LogP contribution is -2.32. The summed E-state index contributed by atoms with van der Waals surface area (Å²) in [5.41, 5.74) is 1.65. The first-order valence-electron chi connectivity index (χ1n) is 11.5.